The average Bonchev–Trinajstić information content (AvgIpc) is 2.03. The number of aliphatic hydroxyl groups excluding tert-OH is 2. The Morgan fingerprint density at radius 1 is 1.55 bits per heavy atom. The molecule has 0 saturated carbocycles. The predicted octanol–water partition coefficient (Wildman–Crippen LogP) is 0.416. The van der Waals surface area contributed by atoms with E-state index in [0.717, 1.165) is 5.56 Å². The van der Waals surface area contributed by atoms with Crippen molar-refractivity contribution in [2.45, 2.75) is 13.0 Å². The zero-order valence-corrected chi connectivity index (χ0v) is 6.36. The van der Waals surface area contributed by atoms with Crippen LogP contribution in [0.4, 0.5) is 0 Å². The van der Waals surface area contributed by atoms with Crippen molar-refractivity contribution in [3.63, 3.8) is 0 Å². The summed E-state index contributed by atoms with van der Waals surface area (Å²) in [6.45, 7) is 1.63. The number of rotatable bonds is 2. The molecule has 3 heteroatoms. The van der Waals surface area contributed by atoms with Gasteiger partial charge >= 0.3 is 0 Å². The van der Waals surface area contributed by atoms with Crippen molar-refractivity contribution in [2.75, 3.05) is 6.61 Å². The van der Waals surface area contributed by atoms with Gasteiger partial charge < -0.3 is 10.2 Å². The van der Waals surface area contributed by atoms with Gasteiger partial charge in [-0.15, -0.1) is 0 Å². The molecule has 0 bridgehead atoms. The Kier molecular flexibility index (Phi) is 2.57. The van der Waals surface area contributed by atoms with Crippen LogP contribution in [-0.2, 0) is 0 Å². The maximum absolute atomic E-state index is 9.16. The van der Waals surface area contributed by atoms with Crippen LogP contribution < -0.4 is 0 Å². The molecule has 0 aliphatic heterocycles. The highest BCUT2D eigenvalue weighted by Gasteiger charge is 2.04. The van der Waals surface area contributed by atoms with Gasteiger partial charge in [0.15, 0.2) is 0 Å². The SMILES string of the molecule is Cc1cncc(C(O)CO)c1. The molecule has 2 N–H and O–H groups in total. The normalized spacial score (nSPS) is 13.0. The second-order valence-electron chi connectivity index (χ2n) is 2.49. The highest BCUT2D eigenvalue weighted by Crippen LogP contribution is 2.10. The smallest absolute Gasteiger partial charge is 0.104 e. The third kappa shape index (κ3) is 2.00. The molecule has 0 saturated heterocycles. The van der Waals surface area contributed by atoms with Crippen LogP contribution in [-0.4, -0.2) is 21.8 Å². The van der Waals surface area contributed by atoms with Gasteiger partial charge in [-0.1, -0.05) is 6.07 Å². The Balaban J connectivity index is 2.86. The summed E-state index contributed by atoms with van der Waals surface area (Å²) in [6, 6.07) is 1.80. The summed E-state index contributed by atoms with van der Waals surface area (Å²) in [7, 11) is 0. The molecular formula is C8H11NO2. The van der Waals surface area contributed by atoms with Gasteiger partial charge in [0.2, 0.25) is 0 Å². The number of pyridine rings is 1. The third-order valence-electron chi connectivity index (χ3n) is 1.45. The van der Waals surface area contributed by atoms with Crippen molar-refractivity contribution < 1.29 is 10.2 Å². The third-order valence-corrected chi connectivity index (χ3v) is 1.45. The summed E-state index contributed by atoms with van der Waals surface area (Å²) >= 11 is 0. The van der Waals surface area contributed by atoms with Gasteiger partial charge in [-0.25, -0.2) is 0 Å². The molecule has 1 atom stereocenters. The van der Waals surface area contributed by atoms with Crippen LogP contribution in [0.25, 0.3) is 0 Å². The Morgan fingerprint density at radius 3 is 2.82 bits per heavy atom. The molecular weight excluding hydrogens is 142 g/mol. The number of aromatic nitrogens is 1. The van der Waals surface area contributed by atoms with E-state index in [4.69, 9.17) is 10.2 Å². The second-order valence-corrected chi connectivity index (χ2v) is 2.49. The van der Waals surface area contributed by atoms with Crippen molar-refractivity contribution in [3.05, 3.63) is 29.6 Å². The van der Waals surface area contributed by atoms with E-state index in [-0.39, 0.29) is 6.61 Å². The molecule has 1 unspecified atom stereocenters. The molecule has 60 valence electrons. The van der Waals surface area contributed by atoms with E-state index in [0.29, 0.717) is 5.56 Å². The fraction of sp³-hybridized carbons (Fsp3) is 0.375. The lowest BCUT2D eigenvalue weighted by Crippen LogP contribution is -2.02. The summed E-state index contributed by atoms with van der Waals surface area (Å²) in [4.78, 5) is 3.88. The molecule has 0 aliphatic carbocycles. The number of aryl methyl sites for hydroxylation is 1. The summed E-state index contributed by atoms with van der Waals surface area (Å²) in [5.41, 5.74) is 1.64. The van der Waals surface area contributed by atoms with Crippen LogP contribution >= 0.6 is 0 Å². The van der Waals surface area contributed by atoms with Crippen molar-refractivity contribution in [3.8, 4) is 0 Å². The van der Waals surface area contributed by atoms with Gasteiger partial charge in [-0.2, -0.15) is 0 Å². The Hall–Kier alpha value is -0.930. The molecule has 0 aromatic carbocycles. The molecule has 1 heterocycles. The van der Waals surface area contributed by atoms with Gasteiger partial charge in [0, 0.05) is 18.0 Å². The first-order valence-corrected chi connectivity index (χ1v) is 3.44. The average molecular weight is 153 g/mol. The highest BCUT2D eigenvalue weighted by molar-refractivity contribution is 5.18. The fourth-order valence-corrected chi connectivity index (χ4v) is 0.866. The van der Waals surface area contributed by atoms with Gasteiger partial charge in [-0.3, -0.25) is 4.98 Å². The van der Waals surface area contributed by atoms with Crippen LogP contribution in [0.3, 0.4) is 0 Å². The summed E-state index contributed by atoms with van der Waals surface area (Å²) in [6.07, 6.45) is 2.45. The molecule has 0 spiro atoms. The van der Waals surface area contributed by atoms with Crippen molar-refractivity contribution in [2.24, 2.45) is 0 Å². The van der Waals surface area contributed by atoms with E-state index in [1.54, 1.807) is 18.5 Å². The lowest BCUT2D eigenvalue weighted by Gasteiger charge is -2.06. The number of nitrogens with zero attached hydrogens (tertiary/aromatic N) is 1. The van der Waals surface area contributed by atoms with Crippen LogP contribution in [0.15, 0.2) is 18.5 Å². The van der Waals surface area contributed by atoms with E-state index in [2.05, 4.69) is 4.98 Å². The minimum absolute atomic E-state index is 0.259. The quantitative estimate of drug-likeness (QED) is 0.647. The number of aliphatic hydroxyl groups is 2. The lowest BCUT2D eigenvalue weighted by atomic mass is 10.1. The highest BCUT2D eigenvalue weighted by atomic mass is 16.3. The van der Waals surface area contributed by atoms with Crippen molar-refractivity contribution in [1.82, 2.24) is 4.98 Å². The Morgan fingerprint density at radius 2 is 2.27 bits per heavy atom. The minimum atomic E-state index is -0.803. The largest absolute Gasteiger partial charge is 0.393 e. The molecule has 1 rings (SSSR count). The first kappa shape index (κ1) is 8.17. The van der Waals surface area contributed by atoms with E-state index >= 15 is 0 Å². The zero-order chi connectivity index (χ0) is 8.27. The lowest BCUT2D eigenvalue weighted by molar-refractivity contribution is 0.0953. The predicted molar refractivity (Wildman–Crippen MR) is 41.0 cm³/mol. The van der Waals surface area contributed by atoms with E-state index in [1.807, 2.05) is 6.92 Å². The molecule has 0 aliphatic rings. The Labute approximate surface area is 65.3 Å². The molecule has 1 aromatic heterocycles. The molecule has 0 fully saturated rings. The Bertz CT molecular complexity index is 237. The van der Waals surface area contributed by atoms with Crippen molar-refractivity contribution in [1.29, 1.82) is 0 Å². The van der Waals surface area contributed by atoms with Crippen LogP contribution in [0, 0.1) is 6.92 Å². The van der Waals surface area contributed by atoms with Gasteiger partial charge in [0.05, 0.1) is 6.61 Å². The minimum Gasteiger partial charge on any atom is -0.393 e. The van der Waals surface area contributed by atoms with Crippen LogP contribution in [0.5, 0.6) is 0 Å². The molecule has 0 radical (unpaired) electrons. The molecule has 0 amide bonds. The van der Waals surface area contributed by atoms with E-state index < -0.39 is 6.10 Å². The van der Waals surface area contributed by atoms with Gasteiger partial charge in [0.1, 0.15) is 6.10 Å². The molecule has 1 aromatic rings. The topological polar surface area (TPSA) is 53.4 Å². The fourth-order valence-electron chi connectivity index (χ4n) is 0.866. The summed E-state index contributed by atoms with van der Waals surface area (Å²) in [5, 5.41) is 17.8. The van der Waals surface area contributed by atoms with Gasteiger partial charge in [-0.05, 0) is 12.5 Å². The van der Waals surface area contributed by atoms with Crippen molar-refractivity contribution >= 4 is 0 Å². The maximum atomic E-state index is 9.16. The monoisotopic (exact) mass is 153 g/mol. The van der Waals surface area contributed by atoms with Crippen LogP contribution in [0.1, 0.15) is 17.2 Å². The van der Waals surface area contributed by atoms with E-state index in [1.165, 1.54) is 0 Å². The maximum Gasteiger partial charge on any atom is 0.104 e. The summed E-state index contributed by atoms with van der Waals surface area (Å²) < 4.78 is 0. The second kappa shape index (κ2) is 3.46. The summed E-state index contributed by atoms with van der Waals surface area (Å²) in [5.74, 6) is 0. The zero-order valence-electron chi connectivity index (χ0n) is 6.36. The first-order valence-electron chi connectivity index (χ1n) is 3.44. The van der Waals surface area contributed by atoms with Gasteiger partial charge in [0.25, 0.3) is 0 Å². The number of hydrogen-bond donors (Lipinski definition) is 2. The number of hydrogen-bond acceptors (Lipinski definition) is 3. The molecule has 3 nitrogen and oxygen atoms in total. The van der Waals surface area contributed by atoms with Crippen LogP contribution in [0.2, 0.25) is 0 Å². The van der Waals surface area contributed by atoms with E-state index in [9.17, 15) is 0 Å². The first-order chi connectivity index (χ1) is 5.24. The standard InChI is InChI=1S/C8H11NO2/c1-6-2-7(4-9-3-6)8(11)5-10/h2-4,8,10-11H,5H2,1H3. The molecule has 11 heavy (non-hydrogen) atoms.